The van der Waals surface area contributed by atoms with Crippen LogP contribution < -0.4 is 0 Å². The minimum Gasteiger partial charge on any atom is -0.465 e. The van der Waals surface area contributed by atoms with Crippen molar-refractivity contribution in [3.05, 3.63) is 57.5 Å². The van der Waals surface area contributed by atoms with Crippen LogP contribution in [0.2, 0.25) is 0 Å². The molecule has 21 heavy (non-hydrogen) atoms. The molecule has 1 heterocycles. The van der Waals surface area contributed by atoms with E-state index in [0.717, 1.165) is 4.90 Å². The molecule has 7 heteroatoms. The van der Waals surface area contributed by atoms with Crippen LogP contribution in [-0.4, -0.2) is 18.0 Å². The second kappa shape index (κ2) is 6.45. The highest BCUT2D eigenvalue weighted by Gasteiger charge is 2.15. The molecule has 2 aromatic rings. The summed E-state index contributed by atoms with van der Waals surface area (Å²) in [6, 6.07) is 7.92. The molecule has 0 spiro atoms. The summed E-state index contributed by atoms with van der Waals surface area (Å²) in [5.41, 5.74) is 0.470. The second-order valence-electron chi connectivity index (χ2n) is 4.21. The van der Waals surface area contributed by atoms with Gasteiger partial charge in [-0.2, -0.15) is 0 Å². The van der Waals surface area contributed by atoms with Crippen molar-refractivity contribution in [3.8, 4) is 0 Å². The summed E-state index contributed by atoms with van der Waals surface area (Å²) in [5, 5.41) is 10.6. The summed E-state index contributed by atoms with van der Waals surface area (Å²) >= 11 is 1.47. The van der Waals surface area contributed by atoms with Gasteiger partial charge in [-0.25, -0.2) is 4.79 Å². The topological polar surface area (TPSA) is 82.6 Å². The molecule has 110 valence electrons. The van der Waals surface area contributed by atoms with Crippen LogP contribution in [0.25, 0.3) is 0 Å². The Hall–Kier alpha value is -2.28. The van der Waals surface area contributed by atoms with Crippen LogP contribution in [0, 0.1) is 17.0 Å². The van der Waals surface area contributed by atoms with Gasteiger partial charge >= 0.3 is 5.97 Å². The number of furan rings is 1. The van der Waals surface area contributed by atoms with E-state index in [9.17, 15) is 14.9 Å². The van der Waals surface area contributed by atoms with E-state index in [0.29, 0.717) is 22.8 Å². The molecule has 1 aromatic heterocycles. The standard InChI is InChI=1S/C14H13NO5S/c1-9-13(14(16)19-2)7-11(20-9)8-21-12-5-3-10(4-6-12)15(17)18/h3-7H,8H2,1-2H3. The van der Waals surface area contributed by atoms with Crippen molar-refractivity contribution in [1.29, 1.82) is 0 Å². The molecule has 0 amide bonds. The van der Waals surface area contributed by atoms with Gasteiger partial charge in [-0.05, 0) is 25.1 Å². The Labute approximate surface area is 125 Å². The molecule has 0 aliphatic heterocycles. The first-order chi connectivity index (χ1) is 10.0. The van der Waals surface area contributed by atoms with Gasteiger partial charge in [0.1, 0.15) is 17.1 Å². The largest absolute Gasteiger partial charge is 0.465 e. The van der Waals surface area contributed by atoms with E-state index in [2.05, 4.69) is 4.74 Å². The van der Waals surface area contributed by atoms with Gasteiger partial charge in [0, 0.05) is 17.0 Å². The number of rotatable bonds is 5. The zero-order valence-corrected chi connectivity index (χ0v) is 12.3. The molecule has 0 unspecified atom stereocenters. The maximum Gasteiger partial charge on any atom is 0.341 e. The molecule has 0 aliphatic rings. The van der Waals surface area contributed by atoms with Crippen molar-refractivity contribution in [2.75, 3.05) is 7.11 Å². The Morgan fingerprint density at radius 2 is 2.05 bits per heavy atom. The molecule has 0 bridgehead atoms. The number of nitro groups is 1. The van der Waals surface area contributed by atoms with E-state index in [4.69, 9.17) is 4.42 Å². The first-order valence-corrected chi connectivity index (χ1v) is 7.04. The van der Waals surface area contributed by atoms with Gasteiger partial charge in [-0.3, -0.25) is 10.1 Å². The molecule has 0 saturated heterocycles. The number of nitro benzene ring substituents is 1. The van der Waals surface area contributed by atoms with Gasteiger partial charge in [-0.1, -0.05) is 0 Å². The number of carbonyl (C=O) groups excluding carboxylic acids is 1. The number of aryl methyl sites for hydroxylation is 1. The number of hydrogen-bond acceptors (Lipinski definition) is 6. The van der Waals surface area contributed by atoms with Gasteiger partial charge in [0.05, 0.1) is 17.8 Å². The van der Waals surface area contributed by atoms with E-state index in [1.165, 1.54) is 31.0 Å². The first-order valence-electron chi connectivity index (χ1n) is 6.06. The molecule has 0 saturated carbocycles. The third-order valence-corrected chi connectivity index (χ3v) is 3.84. The summed E-state index contributed by atoms with van der Waals surface area (Å²) in [4.78, 5) is 22.5. The fourth-order valence-electron chi connectivity index (χ4n) is 1.75. The Bertz CT molecular complexity index is 663. The highest BCUT2D eigenvalue weighted by molar-refractivity contribution is 7.98. The fourth-order valence-corrected chi connectivity index (χ4v) is 2.53. The van der Waals surface area contributed by atoms with E-state index < -0.39 is 10.9 Å². The Morgan fingerprint density at radius 3 is 2.62 bits per heavy atom. The molecule has 2 rings (SSSR count). The lowest BCUT2D eigenvalue weighted by molar-refractivity contribution is -0.384. The summed E-state index contributed by atoms with van der Waals surface area (Å²) in [6.45, 7) is 1.70. The van der Waals surface area contributed by atoms with Crippen LogP contribution in [0.3, 0.4) is 0 Å². The molecular weight excluding hydrogens is 294 g/mol. The minimum absolute atomic E-state index is 0.0566. The quantitative estimate of drug-likeness (QED) is 0.363. The number of non-ortho nitro benzene ring substituents is 1. The molecule has 6 nitrogen and oxygen atoms in total. The first kappa shape index (κ1) is 15.1. The Morgan fingerprint density at radius 1 is 1.38 bits per heavy atom. The highest BCUT2D eigenvalue weighted by atomic mass is 32.2. The summed E-state index contributed by atoms with van der Waals surface area (Å²) in [6.07, 6.45) is 0. The number of thioether (sulfide) groups is 1. The SMILES string of the molecule is COC(=O)c1cc(CSc2ccc([N+](=O)[O-])cc2)oc1C. The summed E-state index contributed by atoms with van der Waals surface area (Å²) in [7, 11) is 1.32. The van der Waals surface area contributed by atoms with Crippen molar-refractivity contribution < 1.29 is 18.9 Å². The maximum atomic E-state index is 11.5. The maximum absolute atomic E-state index is 11.5. The van der Waals surface area contributed by atoms with Crippen LogP contribution >= 0.6 is 11.8 Å². The van der Waals surface area contributed by atoms with Crippen molar-refractivity contribution in [2.45, 2.75) is 17.6 Å². The highest BCUT2D eigenvalue weighted by Crippen LogP contribution is 2.27. The average Bonchev–Trinajstić information content (AvgIpc) is 2.86. The fraction of sp³-hybridized carbons (Fsp3) is 0.214. The number of ether oxygens (including phenoxy) is 1. The average molecular weight is 307 g/mol. The molecule has 0 N–H and O–H groups in total. The molecule has 0 fully saturated rings. The monoisotopic (exact) mass is 307 g/mol. The predicted molar refractivity (Wildman–Crippen MR) is 77.4 cm³/mol. The van der Waals surface area contributed by atoms with Crippen molar-refractivity contribution in [1.82, 2.24) is 0 Å². The van der Waals surface area contributed by atoms with Crippen LogP contribution in [0.15, 0.2) is 39.6 Å². The summed E-state index contributed by atoms with van der Waals surface area (Å²) in [5.74, 6) is 1.26. The van der Waals surface area contributed by atoms with Crippen molar-refractivity contribution >= 4 is 23.4 Å². The number of nitrogens with zero attached hydrogens (tertiary/aromatic N) is 1. The van der Waals surface area contributed by atoms with E-state index >= 15 is 0 Å². The Balaban J connectivity index is 2.03. The smallest absolute Gasteiger partial charge is 0.341 e. The summed E-state index contributed by atoms with van der Waals surface area (Å²) < 4.78 is 10.2. The predicted octanol–water partition coefficient (Wildman–Crippen LogP) is 3.58. The van der Waals surface area contributed by atoms with E-state index in [1.54, 1.807) is 25.1 Å². The normalized spacial score (nSPS) is 10.4. The minimum atomic E-state index is -0.438. The third kappa shape index (κ3) is 3.63. The lowest BCUT2D eigenvalue weighted by Gasteiger charge is -1.99. The number of methoxy groups -OCH3 is 1. The lowest BCUT2D eigenvalue weighted by atomic mass is 10.2. The molecule has 0 aliphatic carbocycles. The number of carbonyl (C=O) groups is 1. The van der Waals surface area contributed by atoms with Crippen LogP contribution in [0.4, 0.5) is 5.69 Å². The third-order valence-electron chi connectivity index (χ3n) is 2.80. The van der Waals surface area contributed by atoms with Crippen LogP contribution in [-0.2, 0) is 10.5 Å². The zero-order valence-electron chi connectivity index (χ0n) is 11.5. The van der Waals surface area contributed by atoms with Gasteiger partial charge < -0.3 is 9.15 Å². The lowest BCUT2D eigenvalue weighted by Crippen LogP contribution is -2.00. The van der Waals surface area contributed by atoms with Crippen LogP contribution in [0.1, 0.15) is 21.9 Å². The van der Waals surface area contributed by atoms with Crippen LogP contribution in [0.5, 0.6) is 0 Å². The molecule has 0 atom stereocenters. The number of benzene rings is 1. The number of hydrogen-bond donors (Lipinski definition) is 0. The Kier molecular flexibility index (Phi) is 4.64. The molecule has 0 radical (unpaired) electrons. The van der Waals surface area contributed by atoms with Gasteiger partial charge in [0.15, 0.2) is 0 Å². The zero-order chi connectivity index (χ0) is 15.4. The second-order valence-corrected chi connectivity index (χ2v) is 5.26. The van der Waals surface area contributed by atoms with Gasteiger partial charge in [0.25, 0.3) is 5.69 Å². The van der Waals surface area contributed by atoms with Crippen molar-refractivity contribution in [2.24, 2.45) is 0 Å². The van der Waals surface area contributed by atoms with Crippen molar-refractivity contribution in [3.63, 3.8) is 0 Å². The molecule has 1 aromatic carbocycles. The number of esters is 1. The van der Waals surface area contributed by atoms with Gasteiger partial charge in [0.2, 0.25) is 0 Å². The van der Waals surface area contributed by atoms with E-state index in [1.807, 2.05) is 0 Å². The molecular formula is C14H13NO5S. The van der Waals surface area contributed by atoms with E-state index in [-0.39, 0.29) is 5.69 Å². The van der Waals surface area contributed by atoms with Gasteiger partial charge in [-0.15, -0.1) is 11.8 Å².